The quantitative estimate of drug-likeness (QED) is 0.246. The highest BCUT2D eigenvalue weighted by molar-refractivity contribution is 14.0. The fraction of sp³-hybridized carbons (Fsp3) is 0.467. The highest BCUT2D eigenvalue weighted by atomic mass is 127. The normalized spacial score (nSPS) is 11.1. The Morgan fingerprint density at radius 1 is 1.22 bits per heavy atom. The van der Waals surface area contributed by atoms with Crippen LogP contribution < -0.4 is 16.4 Å². The molecule has 0 radical (unpaired) electrons. The monoisotopic (exact) mass is 472 g/mol. The molecule has 1 aromatic carbocycles. The van der Waals surface area contributed by atoms with Gasteiger partial charge in [-0.1, -0.05) is 37.0 Å². The van der Waals surface area contributed by atoms with Gasteiger partial charge in [0.15, 0.2) is 5.96 Å². The fourth-order valence-electron chi connectivity index (χ4n) is 1.61. The van der Waals surface area contributed by atoms with Gasteiger partial charge in [-0.25, -0.2) is 0 Å². The van der Waals surface area contributed by atoms with Crippen LogP contribution >= 0.6 is 47.2 Å². The van der Waals surface area contributed by atoms with Crippen LogP contribution in [0.2, 0.25) is 10.0 Å². The number of halogens is 3. The third-order valence-corrected chi connectivity index (χ3v) is 3.63. The first kappa shape index (κ1) is 22.3. The second-order valence-corrected chi connectivity index (χ2v) is 6.08. The van der Waals surface area contributed by atoms with E-state index < -0.39 is 0 Å². The molecule has 0 atom stereocenters. The number of aliphatic imine (C=N–C) groups is 1. The van der Waals surface area contributed by atoms with Crippen molar-refractivity contribution in [2.75, 3.05) is 19.6 Å². The first-order valence-corrected chi connectivity index (χ1v) is 7.92. The van der Waals surface area contributed by atoms with Crippen molar-refractivity contribution in [3.63, 3.8) is 0 Å². The molecule has 1 rings (SSSR count). The molecule has 0 bridgehead atoms. The zero-order valence-electron chi connectivity index (χ0n) is 13.2. The van der Waals surface area contributed by atoms with E-state index in [-0.39, 0.29) is 29.9 Å². The number of hydrogen-bond acceptors (Lipinski definition) is 2. The molecule has 1 amide bonds. The van der Waals surface area contributed by atoms with Crippen molar-refractivity contribution in [3.05, 3.63) is 33.8 Å². The molecule has 5 nitrogen and oxygen atoms in total. The van der Waals surface area contributed by atoms with E-state index in [1.807, 2.05) is 0 Å². The minimum absolute atomic E-state index is 0. The number of guanidine groups is 1. The Bertz CT molecular complexity index is 538. The van der Waals surface area contributed by atoms with Crippen LogP contribution in [0.1, 0.15) is 30.6 Å². The second-order valence-electron chi connectivity index (χ2n) is 5.26. The average Bonchev–Trinajstić information content (AvgIpc) is 2.46. The smallest absolute Gasteiger partial charge is 0.251 e. The van der Waals surface area contributed by atoms with Gasteiger partial charge in [0, 0.05) is 25.2 Å². The Morgan fingerprint density at radius 2 is 1.87 bits per heavy atom. The molecule has 8 heteroatoms. The fourth-order valence-corrected chi connectivity index (χ4v) is 1.90. The molecule has 0 heterocycles. The molecule has 0 saturated heterocycles. The number of nitrogens with two attached hydrogens (primary N) is 1. The van der Waals surface area contributed by atoms with Crippen molar-refractivity contribution in [3.8, 4) is 0 Å². The number of amides is 1. The Hall–Kier alpha value is -0.730. The lowest BCUT2D eigenvalue weighted by molar-refractivity contribution is 0.0954. The molecule has 0 unspecified atom stereocenters. The van der Waals surface area contributed by atoms with Crippen LogP contribution in [0.25, 0.3) is 0 Å². The number of benzene rings is 1. The van der Waals surface area contributed by atoms with E-state index in [1.54, 1.807) is 12.1 Å². The summed E-state index contributed by atoms with van der Waals surface area (Å²) in [6, 6.07) is 4.75. The molecule has 0 aromatic heterocycles. The van der Waals surface area contributed by atoms with Gasteiger partial charge in [-0.2, -0.15) is 0 Å². The van der Waals surface area contributed by atoms with Crippen LogP contribution in [0, 0.1) is 5.92 Å². The van der Waals surface area contributed by atoms with E-state index >= 15 is 0 Å². The van der Waals surface area contributed by atoms with E-state index in [9.17, 15) is 4.79 Å². The van der Waals surface area contributed by atoms with Crippen LogP contribution in [-0.2, 0) is 0 Å². The summed E-state index contributed by atoms with van der Waals surface area (Å²) in [7, 11) is 0. The predicted octanol–water partition coefficient (Wildman–Crippen LogP) is 3.29. The van der Waals surface area contributed by atoms with Crippen molar-refractivity contribution in [2.45, 2.75) is 20.3 Å². The van der Waals surface area contributed by atoms with Crippen molar-refractivity contribution in [2.24, 2.45) is 16.6 Å². The topological polar surface area (TPSA) is 79.5 Å². The Morgan fingerprint density at radius 3 is 2.48 bits per heavy atom. The molecular formula is C15H23Cl2IN4O. The molecule has 0 spiro atoms. The third kappa shape index (κ3) is 9.22. The summed E-state index contributed by atoms with van der Waals surface area (Å²) in [5.74, 6) is 0.780. The molecule has 0 saturated carbocycles. The second kappa shape index (κ2) is 11.8. The van der Waals surface area contributed by atoms with Crippen molar-refractivity contribution >= 4 is 59.0 Å². The number of hydrogen-bond donors (Lipinski definition) is 3. The van der Waals surface area contributed by atoms with Gasteiger partial charge in [0.05, 0.1) is 10.0 Å². The maximum absolute atomic E-state index is 11.9. The van der Waals surface area contributed by atoms with Crippen LogP contribution in [0.4, 0.5) is 0 Å². The molecule has 4 N–H and O–H groups in total. The summed E-state index contributed by atoms with van der Waals surface area (Å²) in [6.45, 7) is 5.91. The Labute approximate surface area is 164 Å². The third-order valence-electron chi connectivity index (χ3n) is 2.89. The number of rotatable bonds is 7. The highest BCUT2D eigenvalue weighted by Gasteiger charge is 2.07. The molecular weight excluding hydrogens is 450 g/mol. The molecule has 23 heavy (non-hydrogen) atoms. The van der Waals surface area contributed by atoms with Crippen molar-refractivity contribution in [1.29, 1.82) is 0 Å². The maximum Gasteiger partial charge on any atom is 0.251 e. The van der Waals surface area contributed by atoms with E-state index in [4.69, 9.17) is 28.9 Å². The summed E-state index contributed by atoms with van der Waals surface area (Å²) >= 11 is 11.7. The molecule has 0 aliphatic heterocycles. The highest BCUT2D eigenvalue weighted by Crippen LogP contribution is 2.22. The molecule has 0 fully saturated rings. The van der Waals surface area contributed by atoms with E-state index in [0.29, 0.717) is 47.1 Å². The number of carbonyl (C=O) groups excluding carboxylic acids is 1. The van der Waals surface area contributed by atoms with Crippen LogP contribution in [0.5, 0.6) is 0 Å². The van der Waals surface area contributed by atoms with Gasteiger partial charge in [0.2, 0.25) is 0 Å². The SMILES string of the molecule is CC(C)CCN=C(N)NCCNC(=O)c1ccc(Cl)c(Cl)c1.I. The van der Waals surface area contributed by atoms with Crippen molar-refractivity contribution < 1.29 is 4.79 Å². The van der Waals surface area contributed by atoms with Gasteiger partial charge < -0.3 is 16.4 Å². The van der Waals surface area contributed by atoms with Crippen LogP contribution in [0.15, 0.2) is 23.2 Å². The summed E-state index contributed by atoms with van der Waals surface area (Å²) in [6.07, 6.45) is 0.996. The minimum Gasteiger partial charge on any atom is -0.370 e. The molecule has 0 aliphatic carbocycles. The average molecular weight is 473 g/mol. The van der Waals surface area contributed by atoms with Crippen LogP contribution in [-0.4, -0.2) is 31.5 Å². The molecule has 130 valence electrons. The van der Waals surface area contributed by atoms with Gasteiger partial charge >= 0.3 is 0 Å². The summed E-state index contributed by atoms with van der Waals surface area (Å²) in [4.78, 5) is 16.1. The minimum atomic E-state index is -0.212. The molecule has 1 aromatic rings. The largest absolute Gasteiger partial charge is 0.370 e. The van der Waals surface area contributed by atoms with Gasteiger partial charge in [-0.05, 0) is 30.5 Å². The summed E-state index contributed by atoms with van der Waals surface area (Å²) < 4.78 is 0. The number of nitrogens with one attached hydrogen (secondary N) is 2. The van der Waals surface area contributed by atoms with Gasteiger partial charge in [-0.3, -0.25) is 9.79 Å². The van der Waals surface area contributed by atoms with Crippen LogP contribution in [0.3, 0.4) is 0 Å². The van der Waals surface area contributed by atoms with Gasteiger partial charge in [0.1, 0.15) is 0 Å². The maximum atomic E-state index is 11.9. The molecule has 0 aliphatic rings. The van der Waals surface area contributed by atoms with Gasteiger partial charge in [0.25, 0.3) is 5.91 Å². The van der Waals surface area contributed by atoms with E-state index in [1.165, 1.54) is 6.07 Å². The number of carbonyl (C=O) groups is 1. The van der Waals surface area contributed by atoms with E-state index in [2.05, 4.69) is 29.5 Å². The van der Waals surface area contributed by atoms with Crippen molar-refractivity contribution in [1.82, 2.24) is 10.6 Å². The first-order chi connectivity index (χ1) is 10.4. The zero-order valence-corrected chi connectivity index (χ0v) is 17.1. The lowest BCUT2D eigenvalue weighted by Gasteiger charge is -2.08. The zero-order chi connectivity index (χ0) is 16.5. The summed E-state index contributed by atoms with van der Waals surface area (Å²) in [5.41, 5.74) is 6.18. The number of nitrogens with zero attached hydrogens (tertiary/aromatic N) is 1. The Kier molecular flexibility index (Phi) is 11.4. The summed E-state index contributed by atoms with van der Waals surface area (Å²) in [5, 5.41) is 6.49. The van der Waals surface area contributed by atoms with E-state index in [0.717, 1.165) is 6.42 Å². The standard InChI is InChI=1S/C15H22Cl2N4O.HI/c1-10(2)5-6-20-15(18)21-8-7-19-14(22)11-3-4-12(16)13(17)9-11;/h3-4,9-10H,5-8H2,1-2H3,(H,19,22)(H3,18,20,21);1H. The predicted molar refractivity (Wildman–Crippen MR) is 108 cm³/mol. The Balaban J connectivity index is 0.00000484. The van der Waals surface area contributed by atoms with Gasteiger partial charge in [-0.15, -0.1) is 24.0 Å². The first-order valence-electron chi connectivity index (χ1n) is 7.17. The lowest BCUT2D eigenvalue weighted by atomic mass is 10.1. The lowest BCUT2D eigenvalue weighted by Crippen LogP contribution is -2.38.